The topological polar surface area (TPSA) is 9.23 Å². The molecule has 1 aliphatic heterocycles. The van der Waals surface area contributed by atoms with Crippen molar-refractivity contribution >= 4 is 8.58 Å². The van der Waals surface area contributed by atoms with Crippen LogP contribution in [0.1, 0.15) is 13.3 Å². The maximum atomic E-state index is 5.36. The summed E-state index contributed by atoms with van der Waals surface area (Å²) in [6.45, 7) is 2.13. The molecular weight excluding hydrogens is 143 g/mol. The van der Waals surface area contributed by atoms with Crippen molar-refractivity contribution in [1.82, 2.24) is 0 Å². The summed E-state index contributed by atoms with van der Waals surface area (Å²) in [5.41, 5.74) is -0.0920. The van der Waals surface area contributed by atoms with Gasteiger partial charge in [0.15, 0.2) is 0 Å². The van der Waals surface area contributed by atoms with Crippen LogP contribution in [0.25, 0.3) is 0 Å². The molecule has 1 nitrogen and oxygen atoms in total. The summed E-state index contributed by atoms with van der Waals surface area (Å²) in [6.07, 6.45) is 5.30. The maximum absolute atomic E-state index is 5.36. The SMILES string of the molecule is CCC1(OC)C=CPC=C1. The van der Waals surface area contributed by atoms with Gasteiger partial charge >= 0.3 is 0 Å². The quantitative estimate of drug-likeness (QED) is 0.558. The van der Waals surface area contributed by atoms with E-state index in [0.29, 0.717) is 0 Å². The fraction of sp³-hybridized carbons (Fsp3) is 0.500. The Balaban J connectivity index is 2.71. The van der Waals surface area contributed by atoms with Crippen LogP contribution < -0.4 is 0 Å². The average molecular weight is 156 g/mol. The van der Waals surface area contributed by atoms with Crippen LogP contribution in [0.15, 0.2) is 23.8 Å². The van der Waals surface area contributed by atoms with Crippen LogP contribution in [0.2, 0.25) is 0 Å². The lowest BCUT2D eigenvalue weighted by molar-refractivity contribution is 0.0710. The third kappa shape index (κ3) is 1.47. The van der Waals surface area contributed by atoms with Crippen LogP contribution in [0.5, 0.6) is 0 Å². The molecule has 0 unspecified atom stereocenters. The van der Waals surface area contributed by atoms with Gasteiger partial charge < -0.3 is 4.74 Å². The Morgan fingerprint density at radius 2 is 2.00 bits per heavy atom. The molecule has 0 spiro atoms. The largest absolute Gasteiger partial charge is 0.370 e. The molecule has 1 aliphatic rings. The number of rotatable bonds is 2. The van der Waals surface area contributed by atoms with Crippen molar-refractivity contribution in [3.63, 3.8) is 0 Å². The Morgan fingerprint density at radius 1 is 1.40 bits per heavy atom. The van der Waals surface area contributed by atoms with Crippen molar-refractivity contribution in [3.05, 3.63) is 23.8 Å². The molecule has 56 valence electrons. The normalized spacial score (nSPS) is 33.4. The minimum Gasteiger partial charge on any atom is -0.370 e. The van der Waals surface area contributed by atoms with E-state index in [2.05, 4.69) is 30.7 Å². The molecule has 0 amide bonds. The number of ether oxygens (including phenoxy) is 1. The molecule has 0 aromatic heterocycles. The number of methoxy groups -OCH3 is 1. The minimum atomic E-state index is -0.0920. The molecule has 1 rings (SSSR count). The van der Waals surface area contributed by atoms with Crippen LogP contribution in [0.3, 0.4) is 0 Å². The predicted molar refractivity (Wildman–Crippen MR) is 46.6 cm³/mol. The molecular formula is C8H13OP. The van der Waals surface area contributed by atoms with Crippen LogP contribution in [-0.4, -0.2) is 12.7 Å². The van der Waals surface area contributed by atoms with E-state index >= 15 is 0 Å². The van der Waals surface area contributed by atoms with Crippen molar-refractivity contribution in [2.75, 3.05) is 7.11 Å². The Morgan fingerprint density at radius 3 is 2.30 bits per heavy atom. The molecule has 0 aromatic carbocycles. The van der Waals surface area contributed by atoms with Crippen molar-refractivity contribution in [2.24, 2.45) is 0 Å². The predicted octanol–water partition coefficient (Wildman–Crippen LogP) is 2.50. The summed E-state index contributed by atoms with van der Waals surface area (Å²) < 4.78 is 5.36. The zero-order valence-electron chi connectivity index (χ0n) is 6.42. The first-order chi connectivity index (χ1) is 4.83. The van der Waals surface area contributed by atoms with Gasteiger partial charge in [-0.15, -0.1) is 0 Å². The molecule has 0 atom stereocenters. The first-order valence-corrected chi connectivity index (χ1v) is 4.65. The maximum Gasteiger partial charge on any atom is 0.104 e. The van der Waals surface area contributed by atoms with E-state index in [0.717, 1.165) is 15.0 Å². The lowest BCUT2D eigenvalue weighted by atomic mass is 10.0. The molecule has 0 bridgehead atoms. The summed E-state index contributed by atoms with van der Waals surface area (Å²) in [5.74, 6) is 4.35. The highest BCUT2D eigenvalue weighted by molar-refractivity contribution is 7.45. The highest BCUT2D eigenvalue weighted by Gasteiger charge is 2.21. The van der Waals surface area contributed by atoms with E-state index in [4.69, 9.17) is 4.74 Å². The van der Waals surface area contributed by atoms with Crippen molar-refractivity contribution in [1.29, 1.82) is 0 Å². The van der Waals surface area contributed by atoms with E-state index in [1.165, 1.54) is 0 Å². The zero-order chi connectivity index (χ0) is 7.45. The molecule has 0 radical (unpaired) electrons. The minimum absolute atomic E-state index is 0.0920. The van der Waals surface area contributed by atoms with Gasteiger partial charge in [-0.25, -0.2) is 0 Å². The summed E-state index contributed by atoms with van der Waals surface area (Å²) >= 11 is 0. The molecule has 10 heavy (non-hydrogen) atoms. The molecule has 0 N–H and O–H groups in total. The van der Waals surface area contributed by atoms with Gasteiger partial charge in [-0.2, -0.15) is 0 Å². The van der Waals surface area contributed by atoms with Gasteiger partial charge in [0.1, 0.15) is 5.60 Å². The van der Waals surface area contributed by atoms with Gasteiger partial charge in [-0.1, -0.05) is 27.1 Å². The second-order valence-electron chi connectivity index (χ2n) is 2.35. The molecule has 0 saturated carbocycles. The molecule has 0 fully saturated rings. The summed E-state index contributed by atoms with van der Waals surface area (Å²) in [7, 11) is 2.59. The Bertz CT molecular complexity index is 143. The van der Waals surface area contributed by atoms with Crippen molar-refractivity contribution in [2.45, 2.75) is 18.9 Å². The Kier molecular flexibility index (Phi) is 2.64. The van der Waals surface area contributed by atoms with Crippen LogP contribution >= 0.6 is 8.58 Å². The first-order valence-electron chi connectivity index (χ1n) is 3.49. The molecule has 0 aliphatic carbocycles. The van der Waals surface area contributed by atoms with Crippen molar-refractivity contribution < 1.29 is 4.74 Å². The molecule has 0 saturated heterocycles. The Hall–Kier alpha value is -0.130. The molecule has 2 heteroatoms. The number of hydrogen-bond acceptors (Lipinski definition) is 1. The van der Waals surface area contributed by atoms with Gasteiger partial charge in [0.2, 0.25) is 0 Å². The summed E-state index contributed by atoms with van der Waals surface area (Å²) in [6, 6.07) is 0. The lowest BCUT2D eigenvalue weighted by Gasteiger charge is -2.25. The van der Waals surface area contributed by atoms with Gasteiger partial charge in [-0.05, 0) is 18.6 Å². The molecule has 1 heterocycles. The highest BCUT2D eigenvalue weighted by atomic mass is 31.1. The molecule has 0 aromatic rings. The summed E-state index contributed by atoms with van der Waals surface area (Å²) in [4.78, 5) is 0. The second kappa shape index (κ2) is 3.32. The summed E-state index contributed by atoms with van der Waals surface area (Å²) in [5, 5.41) is 0. The second-order valence-corrected chi connectivity index (χ2v) is 3.35. The van der Waals surface area contributed by atoms with E-state index in [1.807, 2.05) is 0 Å². The van der Waals surface area contributed by atoms with Gasteiger partial charge in [0.05, 0.1) is 0 Å². The smallest absolute Gasteiger partial charge is 0.104 e. The standard InChI is InChI=1S/C8H13OP/c1-3-8(9-2)4-6-10-7-5-8/h4-7,10H,3H2,1-2H3. The van der Waals surface area contributed by atoms with E-state index < -0.39 is 0 Å². The van der Waals surface area contributed by atoms with E-state index in [-0.39, 0.29) is 5.60 Å². The lowest BCUT2D eigenvalue weighted by Crippen LogP contribution is -2.25. The zero-order valence-corrected chi connectivity index (χ0v) is 7.42. The van der Waals surface area contributed by atoms with Crippen molar-refractivity contribution in [3.8, 4) is 0 Å². The van der Waals surface area contributed by atoms with Gasteiger partial charge in [0.25, 0.3) is 0 Å². The fourth-order valence-electron chi connectivity index (χ4n) is 1.01. The third-order valence-corrected chi connectivity index (χ3v) is 2.57. The monoisotopic (exact) mass is 156 g/mol. The van der Waals surface area contributed by atoms with Gasteiger partial charge in [0, 0.05) is 7.11 Å². The highest BCUT2D eigenvalue weighted by Crippen LogP contribution is 2.29. The fourth-order valence-corrected chi connectivity index (χ4v) is 1.87. The average Bonchev–Trinajstić information content (AvgIpc) is 2.06. The van der Waals surface area contributed by atoms with E-state index in [1.54, 1.807) is 7.11 Å². The number of hydrogen-bond donors (Lipinski definition) is 0. The van der Waals surface area contributed by atoms with Crippen LogP contribution in [0, 0.1) is 0 Å². The van der Waals surface area contributed by atoms with Crippen LogP contribution in [-0.2, 0) is 4.74 Å². The third-order valence-electron chi connectivity index (χ3n) is 1.86. The van der Waals surface area contributed by atoms with Gasteiger partial charge in [-0.3, -0.25) is 0 Å². The first kappa shape index (κ1) is 7.97. The van der Waals surface area contributed by atoms with E-state index in [9.17, 15) is 0 Å². The Labute approximate surface area is 63.9 Å². The van der Waals surface area contributed by atoms with Crippen LogP contribution in [0.4, 0.5) is 0 Å².